The Morgan fingerprint density at radius 1 is 1.08 bits per heavy atom. The van der Waals surface area contributed by atoms with Crippen LogP contribution < -0.4 is 0 Å². The van der Waals surface area contributed by atoms with Crippen LogP contribution in [0.3, 0.4) is 0 Å². The molecule has 1 aliphatic rings. The molecule has 0 aromatic heterocycles. The van der Waals surface area contributed by atoms with Gasteiger partial charge in [-0.1, -0.05) is 0 Å². The molecule has 1 N–H and O–H groups in total. The van der Waals surface area contributed by atoms with Crippen LogP contribution >= 0.6 is 0 Å². The molecule has 70 valence electrons. The maximum Gasteiger partial charge on any atom is 0.0443 e. The van der Waals surface area contributed by atoms with Crippen molar-refractivity contribution in [2.45, 2.75) is 6.42 Å². The topological polar surface area (TPSA) is 26.7 Å². The van der Waals surface area contributed by atoms with Gasteiger partial charge in [0.05, 0.1) is 0 Å². The summed E-state index contributed by atoms with van der Waals surface area (Å²) >= 11 is 0. The highest BCUT2D eigenvalue weighted by molar-refractivity contribution is 4.71. The summed E-state index contributed by atoms with van der Waals surface area (Å²) in [4.78, 5) is 4.62. The largest absolute Gasteiger partial charge is 0.396 e. The van der Waals surface area contributed by atoms with Crippen LogP contribution in [0.25, 0.3) is 0 Å². The Morgan fingerprint density at radius 2 is 1.67 bits per heavy atom. The number of hydrogen-bond acceptors (Lipinski definition) is 3. The quantitative estimate of drug-likeness (QED) is 0.627. The minimum atomic E-state index is 0.303. The molecule has 0 spiro atoms. The molecule has 1 heterocycles. The molecular weight excluding hydrogens is 152 g/mol. The summed E-state index contributed by atoms with van der Waals surface area (Å²) in [6, 6.07) is 0. The molecule has 1 saturated heterocycles. The van der Waals surface area contributed by atoms with Crippen LogP contribution in [-0.4, -0.2) is 60.8 Å². The van der Waals surface area contributed by atoms with Crippen molar-refractivity contribution in [3.05, 3.63) is 6.92 Å². The van der Waals surface area contributed by atoms with Crippen molar-refractivity contribution in [1.82, 2.24) is 9.80 Å². The average Bonchev–Trinajstić information content (AvgIpc) is 2.15. The zero-order chi connectivity index (χ0) is 8.81. The Hall–Kier alpha value is -0.120. The molecule has 1 aliphatic heterocycles. The van der Waals surface area contributed by atoms with Crippen LogP contribution in [0.2, 0.25) is 0 Å². The van der Waals surface area contributed by atoms with Crippen LogP contribution in [0.4, 0.5) is 0 Å². The molecule has 0 aliphatic carbocycles. The Labute approximate surface area is 75.0 Å². The van der Waals surface area contributed by atoms with E-state index in [0.29, 0.717) is 13.2 Å². The minimum Gasteiger partial charge on any atom is -0.396 e. The molecule has 0 amide bonds. The second kappa shape index (κ2) is 5.51. The van der Waals surface area contributed by atoms with E-state index < -0.39 is 0 Å². The zero-order valence-electron chi connectivity index (χ0n) is 7.58. The Bertz CT molecular complexity index is 111. The van der Waals surface area contributed by atoms with Gasteiger partial charge in [0, 0.05) is 45.9 Å². The summed E-state index contributed by atoms with van der Waals surface area (Å²) in [7, 11) is 0. The van der Waals surface area contributed by atoms with Gasteiger partial charge in [-0.05, 0) is 13.3 Å². The predicted molar refractivity (Wildman–Crippen MR) is 48.9 cm³/mol. The average molecular weight is 170 g/mol. The molecule has 2 radical (unpaired) electrons. The lowest BCUT2D eigenvalue weighted by atomic mass is 10.3. The first-order valence-corrected chi connectivity index (χ1v) is 4.62. The van der Waals surface area contributed by atoms with Crippen molar-refractivity contribution in [3.8, 4) is 0 Å². The van der Waals surface area contributed by atoms with Crippen molar-refractivity contribution in [1.29, 1.82) is 0 Å². The van der Waals surface area contributed by atoms with Gasteiger partial charge in [-0.3, -0.25) is 0 Å². The first kappa shape index (κ1) is 9.96. The Kier molecular flexibility index (Phi) is 4.58. The SMILES string of the molecule is [CH]CN1CCN(CCCO)CC1. The summed E-state index contributed by atoms with van der Waals surface area (Å²) in [5, 5.41) is 8.64. The second-order valence-corrected chi connectivity index (χ2v) is 3.22. The third-order valence-electron chi connectivity index (χ3n) is 2.36. The molecule has 0 unspecified atom stereocenters. The molecule has 1 rings (SSSR count). The number of nitrogens with zero attached hydrogens (tertiary/aromatic N) is 2. The van der Waals surface area contributed by atoms with Crippen molar-refractivity contribution < 1.29 is 5.11 Å². The number of hydrogen-bond donors (Lipinski definition) is 1. The highest BCUT2D eigenvalue weighted by Gasteiger charge is 2.14. The normalized spacial score (nSPS) is 21.5. The van der Waals surface area contributed by atoms with E-state index in [1.165, 1.54) is 0 Å². The lowest BCUT2D eigenvalue weighted by Crippen LogP contribution is -2.46. The number of aliphatic hydroxyl groups excluding tert-OH is 1. The summed E-state index contributed by atoms with van der Waals surface area (Å²) in [5.74, 6) is 0. The fourth-order valence-corrected chi connectivity index (χ4v) is 1.49. The molecule has 0 aromatic rings. The van der Waals surface area contributed by atoms with Gasteiger partial charge in [-0.25, -0.2) is 0 Å². The fourth-order valence-electron chi connectivity index (χ4n) is 1.49. The Balaban J connectivity index is 2.09. The van der Waals surface area contributed by atoms with Crippen LogP contribution in [0.15, 0.2) is 0 Å². The lowest BCUT2D eigenvalue weighted by molar-refractivity contribution is 0.133. The second-order valence-electron chi connectivity index (χ2n) is 3.22. The maximum absolute atomic E-state index is 8.64. The zero-order valence-corrected chi connectivity index (χ0v) is 7.58. The van der Waals surface area contributed by atoms with Crippen molar-refractivity contribution in [3.63, 3.8) is 0 Å². The third-order valence-corrected chi connectivity index (χ3v) is 2.36. The number of aliphatic hydroxyl groups is 1. The molecule has 0 bridgehead atoms. The molecule has 3 heteroatoms. The molecule has 3 nitrogen and oxygen atoms in total. The minimum absolute atomic E-state index is 0.303. The molecule has 1 fully saturated rings. The predicted octanol–water partition coefficient (Wildman–Crippen LogP) is -0.303. The van der Waals surface area contributed by atoms with E-state index in [-0.39, 0.29) is 0 Å². The smallest absolute Gasteiger partial charge is 0.0443 e. The van der Waals surface area contributed by atoms with Crippen LogP contribution in [0, 0.1) is 6.92 Å². The van der Waals surface area contributed by atoms with Gasteiger partial charge in [-0.2, -0.15) is 0 Å². The number of rotatable bonds is 4. The maximum atomic E-state index is 8.64. The van der Waals surface area contributed by atoms with Crippen LogP contribution in [0.1, 0.15) is 6.42 Å². The van der Waals surface area contributed by atoms with Crippen molar-refractivity contribution >= 4 is 0 Å². The third kappa shape index (κ3) is 3.09. The lowest BCUT2D eigenvalue weighted by Gasteiger charge is -2.33. The van der Waals surface area contributed by atoms with E-state index in [1.807, 2.05) is 0 Å². The van der Waals surface area contributed by atoms with Gasteiger partial charge < -0.3 is 14.9 Å². The van der Waals surface area contributed by atoms with Gasteiger partial charge in [0.25, 0.3) is 0 Å². The molecule has 0 aromatic carbocycles. The van der Waals surface area contributed by atoms with Crippen molar-refractivity contribution in [2.24, 2.45) is 0 Å². The van der Waals surface area contributed by atoms with Gasteiger partial charge in [0.15, 0.2) is 0 Å². The van der Waals surface area contributed by atoms with E-state index in [2.05, 4.69) is 9.80 Å². The number of piperazine rings is 1. The fraction of sp³-hybridized carbons (Fsp3) is 0.889. The Morgan fingerprint density at radius 3 is 2.17 bits per heavy atom. The summed E-state index contributed by atoms with van der Waals surface area (Å²) in [6.07, 6.45) is 0.891. The van der Waals surface area contributed by atoms with Crippen LogP contribution in [0.5, 0.6) is 0 Å². The molecule has 0 saturated carbocycles. The summed E-state index contributed by atoms with van der Waals surface area (Å²) in [5.41, 5.74) is 0. The molecule has 0 atom stereocenters. The highest BCUT2D eigenvalue weighted by atomic mass is 16.3. The first-order valence-electron chi connectivity index (χ1n) is 4.62. The van der Waals surface area contributed by atoms with E-state index in [1.54, 1.807) is 0 Å². The van der Waals surface area contributed by atoms with Crippen LogP contribution in [-0.2, 0) is 0 Å². The van der Waals surface area contributed by atoms with Crippen molar-refractivity contribution in [2.75, 3.05) is 45.9 Å². The van der Waals surface area contributed by atoms with Gasteiger partial charge in [-0.15, -0.1) is 0 Å². The van der Waals surface area contributed by atoms with Gasteiger partial charge in [0.1, 0.15) is 0 Å². The van der Waals surface area contributed by atoms with E-state index in [4.69, 9.17) is 12.0 Å². The van der Waals surface area contributed by atoms with Gasteiger partial charge in [0.2, 0.25) is 0 Å². The molecule has 12 heavy (non-hydrogen) atoms. The highest BCUT2D eigenvalue weighted by Crippen LogP contribution is 2.00. The van der Waals surface area contributed by atoms with E-state index in [9.17, 15) is 0 Å². The van der Waals surface area contributed by atoms with Gasteiger partial charge >= 0.3 is 0 Å². The van der Waals surface area contributed by atoms with E-state index in [0.717, 1.165) is 39.1 Å². The monoisotopic (exact) mass is 170 g/mol. The standard InChI is InChI=1S/C9H18N2O/c1-2-10-5-7-11(8-6-10)4-3-9-12/h1,12H,2-9H2. The summed E-state index contributed by atoms with van der Waals surface area (Å²) < 4.78 is 0. The first-order chi connectivity index (χ1) is 5.86. The molecular formula is C9H18N2O. The summed E-state index contributed by atoms with van der Waals surface area (Å²) in [6.45, 7) is 11.8. The van der Waals surface area contributed by atoms with E-state index >= 15 is 0 Å².